The van der Waals surface area contributed by atoms with Crippen molar-refractivity contribution < 1.29 is 9.53 Å². The van der Waals surface area contributed by atoms with Crippen LogP contribution >= 0.6 is 0 Å². The van der Waals surface area contributed by atoms with E-state index in [1.54, 1.807) is 18.6 Å². The van der Waals surface area contributed by atoms with Gasteiger partial charge in [-0.25, -0.2) is 4.98 Å². The van der Waals surface area contributed by atoms with E-state index < -0.39 is 0 Å². The molecular weight excluding hydrogens is 292 g/mol. The number of piperidine rings is 1. The summed E-state index contributed by atoms with van der Waals surface area (Å²) in [6, 6.07) is 0. The molecule has 0 N–H and O–H groups in total. The Bertz CT molecular complexity index is 553. The van der Waals surface area contributed by atoms with Crippen molar-refractivity contribution in [1.82, 2.24) is 19.8 Å². The lowest BCUT2D eigenvalue weighted by Gasteiger charge is -2.47. The fraction of sp³-hybridized carbons (Fsp3) is 0.706. The van der Waals surface area contributed by atoms with Crippen LogP contribution in [0.2, 0.25) is 0 Å². The van der Waals surface area contributed by atoms with E-state index in [0.29, 0.717) is 25.4 Å². The molecule has 1 aromatic heterocycles. The predicted molar refractivity (Wildman–Crippen MR) is 85.0 cm³/mol. The van der Waals surface area contributed by atoms with Gasteiger partial charge in [0.05, 0.1) is 24.9 Å². The van der Waals surface area contributed by atoms with Crippen LogP contribution in [-0.4, -0.2) is 70.6 Å². The summed E-state index contributed by atoms with van der Waals surface area (Å²) < 4.78 is 6.14. The number of hydrogen-bond acceptors (Lipinski definition) is 5. The molecule has 3 heterocycles. The summed E-state index contributed by atoms with van der Waals surface area (Å²) in [4.78, 5) is 25.2. The maximum Gasteiger partial charge on any atom is 0.274 e. The van der Waals surface area contributed by atoms with Crippen LogP contribution in [0.15, 0.2) is 18.6 Å². The Hall–Kier alpha value is -1.53. The van der Waals surface area contributed by atoms with E-state index in [1.165, 1.54) is 19.4 Å². The predicted octanol–water partition coefficient (Wildman–Crippen LogP) is 1.19. The molecule has 1 aliphatic carbocycles. The normalized spacial score (nSPS) is 24.8. The van der Waals surface area contributed by atoms with Crippen LogP contribution in [0.3, 0.4) is 0 Å². The molecule has 1 aromatic rings. The summed E-state index contributed by atoms with van der Waals surface area (Å²) in [5.41, 5.74) is 0.270. The summed E-state index contributed by atoms with van der Waals surface area (Å²) in [6.07, 6.45) is 9.54. The zero-order valence-electron chi connectivity index (χ0n) is 13.5. The van der Waals surface area contributed by atoms with Crippen LogP contribution in [0.4, 0.5) is 0 Å². The number of carbonyl (C=O) groups excluding carboxylic acids is 1. The van der Waals surface area contributed by atoms with Gasteiger partial charge in [0.15, 0.2) is 0 Å². The molecule has 0 radical (unpaired) electrons. The molecule has 124 valence electrons. The number of aromatic nitrogens is 2. The molecule has 1 saturated carbocycles. The molecule has 2 aliphatic heterocycles. The van der Waals surface area contributed by atoms with Crippen molar-refractivity contribution in [3.8, 4) is 0 Å². The number of carbonyl (C=O) groups is 1. The molecule has 3 fully saturated rings. The first-order valence-electron chi connectivity index (χ1n) is 8.66. The van der Waals surface area contributed by atoms with E-state index in [4.69, 9.17) is 4.74 Å². The topological polar surface area (TPSA) is 58.6 Å². The van der Waals surface area contributed by atoms with E-state index in [-0.39, 0.29) is 11.5 Å². The first-order chi connectivity index (χ1) is 11.2. The van der Waals surface area contributed by atoms with Crippen LogP contribution in [0.5, 0.6) is 0 Å². The Morgan fingerprint density at radius 1 is 1.26 bits per heavy atom. The molecule has 0 aromatic carbocycles. The Labute approximate surface area is 136 Å². The highest BCUT2D eigenvalue weighted by atomic mass is 16.5. The van der Waals surface area contributed by atoms with E-state index >= 15 is 0 Å². The van der Waals surface area contributed by atoms with Crippen LogP contribution in [-0.2, 0) is 4.74 Å². The largest absolute Gasteiger partial charge is 0.371 e. The fourth-order valence-electron chi connectivity index (χ4n) is 3.70. The maximum absolute atomic E-state index is 12.6. The summed E-state index contributed by atoms with van der Waals surface area (Å²) >= 11 is 0. The molecule has 0 unspecified atom stereocenters. The lowest BCUT2D eigenvalue weighted by Crippen LogP contribution is -2.58. The Morgan fingerprint density at radius 3 is 2.78 bits per heavy atom. The smallest absolute Gasteiger partial charge is 0.274 e. The highest BCUT2D eigenvalue weighted by molar-refractivity contribution is 5.92. The minimum Gasteiger partial charge on any atom is -0.371 e. The van der Waals surface area contributed by atoms with Crippen LogP contribution < -0.4 is 0 Å². The second kappa shape index (κ2) is 6.17. The van der Waals surface area contributed by atoms with Gasteiger partial charge in [0.25, 0.3) is 5.91 Å². The van der Waals surface area contributed by atoms with E-state index in [1.807, 2.05) is 4.90 Å². The third kappa shape index (κ3) is 3.38. The van der Waals surface area contributed by atoms with Crippen molar-refractivity contribution >= 4 is 5.91 Å². The monoisotopic (exact) mass is 316 g/mol. The number of amides is 1. The van der Waals surface area contributed by atoms with Crippen LogP contribution in [0, 0.1) is 5.92 Å². The number of hydrogen-bond donors (Lipinski definition) is 0. The second-order valence-corrected chi connectivity index (χ2v) is 7.09. The minimum atomic E-state index is -0.157. The zero-order chi connectivity index (χ0) is 15.7. The molecular formula is C17H24N4O2. The molecule has 1 amide bonds. The minimum absolute atomic E-state index is 0.0267. The van der Waals surface area contributed by atoms with Crippen LogP contribution in [0.25, 0.3) is 0 Å². The number of rotatable bonds is 3. The van der Waals surface area contributed by atoms with Crippen LogP contribution in [0.1, 0.15) is 36.2 Å². The summed E-state index contributed by atoms with van der Waals surface area (Å²) in [5.74, 6) is 0.909. The summed E-state index contributed by atoms with van der Waals surface area (Å²) in [6.45, 7) is 5.36. The van der Waals surface area contributed by atoms with E-state index in [0.717, 1.165) is 31.8 Å². The van der Waals surface area contributed by atoms with Gasteiger partial charge in [0, 0.05) is 38.6 Å². The molecule has 0 atom stereocenters. The Morgan fingerprint density at radius 2 is 2.09 bits per heavy atom. The van der Waals surface area contributed by atoms with Gasteiger partial charge >= 0.3 is 0 Å². The van der Waals surface area contributed by atoms with Gasteiger partial charge in [-0.2, -0.15) is 0 Å². The summed E-state index contributed by atoms with van der Waals surface area (Å²) in [5, 5.41) is 0. The lowest BCUT2D eigenvalue weighted by molar-refractivity contribution is -0.127. The molecule has 3 aliphatic rings. The number of morpholine rings is 1. The Kier molecular flexibility index (Phi) is 4.03. The molecule has 0 bridgehead atoms. The number of ether oxygens (including phenoxy) is 1. The van der Waals surface area contributed by atoms with Crippen molar-refractivity contribution in [2.45, 2.75) is 31.3 Å². The Balaban J connectivity index is 1.38. The van der Waals surface area contributed by atoms with Crippen molar-refractivity contribution in [3.63, 3.8) is 0 Å². The first-order valence-corrected chi connectivity index (χ1v) is 8.66. The van der Waals surface area contributed by atoms with Gasteiger partial charge in [-0.05, 0) is 31.6 Å². The molecule has 1 spiro atoms. The standard InChI is InChI=1S/C17H24N4O2/c22-16(15-11-18-5-6-19-15)21-9-10-23-17(13-21)3-7-20(8-4-17)12-14-1-2-14/h5-6,11,14H,1-4,7-10,12-13H2. The van der Waals surface area contributed by atoms with Gasteiger partial charge in [0.2, 0.25) is 0 Å². The SMILES string of the molecule is O=C(c1cnccn1)N1CCOC2(CCN(CC3CC3)CC2)C1. The number of likely N-dealkylation sites (tertiary alicyclic amines) is 1. The van der Waals surface area contributed by atoms with Gasteiger partial charge < -0.3 is 14.5 Å². The number of nitrogens with zero attached hydrogens (tertiary/aromatic N) is 4. The average Bonchev–Trinajstić information content (AvgIpc) is 3.42. The second-order valence-electron chi connectivity index (χ2n) is 7.09. The lowest BCUT2D eigenvalue weighted by atomic mass is 9.89. The first kappa shape index (κ1) is 15.0. The average molecular weight is 316 g/mol. The molecule has 6 nitrogen and oxygen atoms in total. The van der Waals surface area contributed by atoms with Gasteiger partial charge in [-0.15, -0.1) is 0 Å². The molecule has 6 heteroatoms. The molecule has 2 saturated heterocycles. The third-order valence-corrected chi connectivity index (χ3v) is 5.30. The van der Waals surface area contributed by atoms with E-state index in [2.05, 4.69) is 14.9 Å². The van der Waals surface area contributed by atoms with Gasteiger partial charge in [-0.1, -0.05) is 0 Å². The third-order valence-electron chi connectivity index (χ3n) is 5.30. The van der Waals surface area contributed by atoms with Crippen molar-refractivity contribution in [1.29, 1.82) is 0 Å². The molecule has 4 rings (SSSR count). The van der Waals surface area contributed by atoms with Gasteiger partial charge in [0.1, 0.15) is 5.69 Å². The quantitative estimate of drug-likeness (QED) is 0.838. The van der Waals surface area contributed by atoms with Crippen molar-refractivity contribution in [2.24, 2.45) is 5.92 Å². The maximum atomic E-state index is 12.6. The van der Waals surface area contributed by atoms with Gasteiger partial charge in [-0.3, -0.25) is 9.78 Å². The van der Waals surface area contributed by atoms with Crippen molar-refractivity contribution in [2.75, 3.05) is 39.3 Å². The van der Waals surface area contributed by atoms with E-state index in [9.17, 15) is 4.79 Å². The van der Waals surface area contributed by atoms with Crippen molar-refractivity contribution in [3.05, 3.63) is 24.3 Å². The summed E-state index contributed by atoms with van der Waals surface area (Å²) in [7, 11) is 0. The zero-order valence-corrected chi connectivity index (χ0v) is 13.5. The fourth-order valence-corrected chi connectivity index (χ4v) is 3.70. The highest BCUT2D eigenvalue weighted by Gasteiger charge is 2.41. The highest BCUT2D eigenvalue weighted by Crippen LogP contribution is 2.34. The molecule has 23 heavy (non-hydrogen) atoms.